The maximum atomic E-state index is 13.6. The molecule has 0 amide bonds. The number of imidazole rings is 1. The molecule has 1 unspecified atom stereocenters. The van der Waals surface area contributed by atoms with Gasteiger partial charge in [-0.05, 0) is 43.8 Å². The van der Waals surface area contributed by atoms with Gasteiger partial charge in [0.05, 0.1) is 17.1 Å². The fourth-order valence-corrected chi connectivity index (χ4v) is 2.79. The number of aromatic nitrogens is 5. The summed E-state index contributed by atoms with van der Waals surface area (Å²) in [6, 6.07) is 3.18. The summed E-state index contributed by atoms with van der Waals surface area (Å²) in [6.45, 7) is 3.73. The molecular formula is C13H14FN5S. The van der Waals surface area contributed by atoms with Crippen molar-refractivity contribution in [3.63, 3.8) is 0 Å². The van der Waals surface area contributed by atoms with Crippen molar-refractivity contribution < 1.29 is 4.39 Å². The molecule has 1 N–H and O–H groups in total. The SMILES string of the molecule is Cc1cc2c(cc1F)[nH]c(=S)n2C(C)c1nncn1C. The van der Waals surface area contributed by atoms with Crippen LogP contribution in [0.1, 0.15) is 24.4 Å². The molecule has 0 bridgehead atoms. The standard InChI is InChI=1S/C13H14FN5S/c1-7-4-11-10(5-9(7)14)16-13(20)19(11)8(2)12-17-15-6-18(12)3/h4-6,8H,1-3H3,(H,16,20). The third kappa shape index (κ3) is 1.85. The van der Waals surface area contributed by atoms with E-state index in [4.69, 9.17) is 12.2 Å². The Labute approximate surface area is 120 Å². The molecule has 0 aliphatic rings. The summed E-state index contributed by atoms with van der Waals surface area (Å²) < 4.78 is 18.0. The third-order valence-corrected chi connectivity index (χ3v) is 3.80. The van der Waals surface area contributed by atoms with E-state index < -0.39 is 0 Å². The van der Waals surface area contributed by atoms with Crippen LogP contribution in [0, 0.1) is 17.5 Å². The van der Waals surface area contributed by atoms with E-state index in [1.165, 1.54) is 6.07 Å². The van der Waals surface area contributed by atoms with Crippen LogP contribution >= 0.6 is 12.2 Å². The van der Waals surface area contributed by atoms with Gasteiger partial charge in [-0.3, -0.25) is 0 Å². The quantitative estimate of drug-likeness (QED) is 0.739. The molecule has 0 saturated heterocycles. The van der Waals surface area contributed by atoms with E-state index in [1.54, 1.807) is 19.3 Å². The zero-order valence-electron chi connectivity index (χ0n) is 11.4. The highest BCUT2D eigenvalue weighted by Crippen LogP contribution is 2.25. The fourth-order valence-electron chi connectivity index (χ4n) is 2.42. The number of benzene rings is 1. The summed E-state index contributed by atoms with van der Waals surface area (Å²) in [5, 5.41) is 8.01. The minimum Gasteiger partial charge on any atom is -0.330 e. The van der Waals surface area contributed by atoms with Gasteiger partial charge in [0.15, 0.2) is 10.6 Å². The Kier molecular flexibility index (Phi) is 2.93. The Morgan fingerprint density at radius 1 is 1.40 bits per heavy atom. The van der Waals surface area contributed by atoms with Crippen LogP contribution in [0.3, 0.4) is 0 Å². The van der Waals surface area contributed by atoms with Crippen LogP contribution in [-0.2, 0) is 7.05 Å². The summed E-state index contributed by atoms with van der Waals surface area (Å²) >= 11 is 5.36. The topological polar surface area (TPSA) is 51.4 Å². The largest absolute Gasteiger partial charge is 0.330 e. The third-order valence-electron chi connectivity index (χ3n) is 3.50. The number of fused-ring (bicyclic) bond motifs is 1. The zero-order valence-corrected chi connectivity index (χ0v) is 12.2. The maximum absolute atomic E-state index is 13.6. The lowest BCUT2D eigenvalue weighted by Crippen LogP contribution is -2.12. The zero-order chi connectivity index (χ0) is 14.4. The van der Waals surface area contributed by atoms with Crippen LogP contribution < -0.4 is 0 Å². The lowest BCUT2D eigenvalue weighted by molar-refractivity contribution is 0.580. The Morgan fingerprint density at radius 2 is 2.15 bits per heavy atom. The molecule has 104 valence electrons. The van der Waals surface area contributed by atoms with Gasteiger partial charge >= 0.3 is 0 Å². The molecule has 1 atom stereocenters. The lowest BCUT2D eigenvalue weighted by atomic mass is 10.2. The van der Waals surface area contributed by atoms with E-state index >= 15 is 0 Å². The summed E-state index contributed by atoms with van der Waals surface area (Å²) in [6.07, 6.45) is 1.65. The van der Waals surface area contributed by atoms with Crippen molar-refractivity contribution in [3.8, 4) is 0 Å². The Balaban J connectivity index is 2.26. The van der Waals surface area contributed by atoms with Crippen molar-refractivity contribution in [2.24, 2.45) is 7.05 Å². The van der Waals surface area contributed by atoms with Gasteiger partial charge in [0.25, 0.3) is 0 Å². The molecule has 3 aromatic rings. The number of H-pyrrole nitrogens is 1. The highest BCUT2D eigenvalue weighted by molar-refractivity contribution is 7.71. The molecule has 1 aromatic carbocycles. The Bertz CT molecular complexity index is 844. The molecule has 0 spiro atoms. The van der Waals surface area contributed by atoms with Gasteiger partial charge in [0.2, 0.25) is 0 Å². The monoisotopic (exact) mass is 291 g/mol. The molecule has 3 rings (SSSR count). The summed E-state index contributed by atoms with van der Waals surface area (Å²) in [5.41, 5.74) is 2.14. The van der Waals surface area contributed by atoms with Crippen molar-refractivity contribution in [2.45, 2.75) is 19.9 Å². The van der Waals surface area contributed by atoms with E-state index in [-0.39, 0.29) is 11.9 Å². The fraction of sp³-hybridized carbons (Fsp3) is 0.308. The molecule has 0 aliphatic heterocycles. The minimum absolute atomic E-state index is 0.0892. The molecular weight excluding hydrogens is 277 g/mol. The van der Waals surface area contributed by atoms with Crippen LogP contribution in [0.5, 0.6) is 0 Å². The van der Waals surface area contributed by atoms with Gasteiger partial charge in [-0.1, -0.05) is 0 Å². The van der Waals surface area contributed by atoms with Crippen LogP contribution in [0.4, 0.5) is 4.39 Å². The first-order valence-corrected chi connectivity index (χ1v) is 6.64. The van der Waals surface area contributed by atoms with Gasteiger partial charge in [0, 0.05) is 7.05 Å². The summed E-state index contributed by atoms with van der Waals surface area (Å²) in [5.74, 6) is 0.552. The van der Waals surface area contributed by atoms with Crippen LogP contribution in [0.15, 0.2) is 18.5 Å². The summed E-state index contributed by atoms with van der Waals surface area (Å²) in [4.78, 5) is 3.04. The van der Waals surface area contributed by atoms with Gasteiger partial charge in [0.1, 0.15) is 12.1 Å². The van der Waals surface area contributed by atoms with Crippen molar-refractivity contribution in [2.75, 3.05) is 0 Å². The second-order valence-electron chi connectivity index (χ2n) is 4.89. The van der Waals surface area contributed by atoms with Gasteiger partial charge in [-0.25, -0.2) is 4.39 Å². The first-order valence-electron chi connectivity index (χ1n) is 6.23. The van der Waals surface area contributed by atoms with E-state index in [0.29, 0.717) is 15.9 Å². The first kappa shape index (κ1) is 13.0. The molecule has 0 fully saturated rings. The second-order valence-corrected chi connectivity index (χ2v) is 5.28. The first-order chi connectivity index (χ1) is 9.49. The smallest absolute Gasteiger partial charge is 0.178 e. The van der Waals surface area contributed by atoms with Gasteiger partial charge < -0.3 is 14.1 Å². The predicted molar refractivity (Wildman–Crippen MR) is 76.6 cm³/mol. The Morgan fingerprint density at radius 3 is 2.80 bits per heavy atom. The average molecular weight is 291 g/mol. The number of hydrogen-bond acceptors (Lipinski definition) is 3. The highest BCUT2D eigenvalue weighted by Gasteiger charge is 2.18. The van der Waals surface area contributed by atoms with E-state index in [2.05, 4.69) is 15.2 Å². The van der Waals surface area contributed by atoms with Crippen molar-refractivity contribution in [1.82, 2.24) is 24.3 Å². The number of nitrogens with zero attached hydrogens (tertiary/aromatic N) is 4. The van der Waals surface area contributed by atoms with Gasteiger partial charge in [-0.15, -0.1) is 10.2 Å². The van der Waals surface area contributed by atoms with E-state index in [0.717, 1.165) is 11.3 Å². The number of aryl methyl sites for hydroxylation is 2. The number of hydrogen-bond donors (Lipinski definition) is 1. The number of nitrogens with one attached hydrogen (secondary N) is 1. The minimum atomic E-state index is -0.243. The highest BCUT2D eigenvalue weighted by atomic mass is 32.1. The predicted octanol–water partition coefficient (Wildman–Crippen LogP) is 2.88. The van der Waals surface area contributed by atoms with E-state index in [1.807, 2.05) is 23.1 Å². The number of rotatable bonds is 2. The molecule has 5 nitrogen and oxygen atoms in total. The molecule has 7 heteroatoms. The summed E-state index contributed by atoms with van der Waals surface area (Å²) in [7, 11) is 1.88. The number of halogens is 1. The number of aromatic amines is 1. The van der Waals surface area contributed by atoms with Crippen molar-refractivity contribution in [1.29, 1.82) is 0 Å². The van der Waals surface area contributed by atoms with Crippen LogP contribution in [-0.4, -0.2) is 24.3 Å². The molecule has 0 radical (unpaired) electrons. The lowest BCUT2D eigenvalue weighted by Gasteiger charge is -2.13. The average Bonchev–Trinajstić information content (AvgIpc) is 2.93. The van der Waals surface area contributed by atoms with Gasteiger partial charge in [-0.2, -0.15) is 0 Å². The molecule has 0 aliphatic carbocycles. The van der Waals surface area contributed by atoms with Crippen molar-refractivity contribution in [3.05, 3.63) is 40.4 Å². The normalized spacial score (nSPS) is 13.0. The van der Waals surface area contributed by atoms with Crippen LogP contribution in [0.2, 0.25) is 0 Å². The van der Waals surface area contributed by atoms with Crippen molar-refractivity contribution >= 4 is 23.3 Å². The van der Waals surface area contributed by atoms with Crippen LogP contribution in [0.25, 0.3) is 11.0 Å². The molecule has 2 heterocycles. The Hall–Kier alpha value is -2.02. The maximum Gasteiger partial charge on any atom is 0.178 e. The second kappa shape index (κ2) is 4.52. The molecule has 0 saturated carbocycles. The molecule has 2 aromatic heterocycles. The molecule has 20 heavy (non-hydrogen) atoms. The van der Waals surface area contributed by atoms with E-state index in [9.17, 15) is 4.39 Å².